The number of pyridine rings is 3. The van der Waals surface area contributed by atoms with Crippen molar-refractivity contribution in [2.75, 3.05) is 0 Å². The highest BCUT2D eigenvalue weighted by Gasteiger charge is 2.07. The van der Waals surface area contributed by atoms with Crippen LogP contribution in [-0.2, 0) is 0 Å². The summed E-state index contributed by atoms with van der Waals surface area (Å²) in [7, 11) is 0. The number of rotatable bonds is 1. The Morgan fingerprint density at radius 2 is 1.83 bits per heavy atom. The van der Waals surface area contributed by atoms with Crippen molar-refractivity contribution in [3.05, 3.63) is 53.9 Å². The molecule has 0 N–H and O–H groups in total. The summed E-state index contributed by atoms with van der Waals surface area (Å²) in [5, 5.41) is 1.06. The zero-order valence-corrected chi connectivity index (χ0v) is 10.4. The average Bonchev–Trinajstić information content (AvgIpc) is 2.38. The summed E-state index contributed by atoms with van der Waals surface area (Å²) >= 11 is 0. The van der Waals surface area contributed by atoms with Gasteiger partial charge in [0.25, 0.3) is 0 Å². The van der Waals surface area contributed by atoms with E-state index in [0.717, 1.165) is 28.0 Å². The lowest BCUT2D eigenvalue weighted by Gasteiger charge is -2.06. The molecule has 0 amide bonds. The summed E-state index contributed by atoms with van der Waals surface area (Å²) in [5.41, 5.74) is 4.88. The molecule has 0 aliphatic carbocycles. The number of aromatic nitrogens is 3. The Hall–Kier alpha value is -2.29. The van der Waals surface area contributed by atoms with Gasteiger partial charge in [0.05, 0.1) is 11.4 Å². The van der Waals surface area contributed by atoms with Crippen molar-refractivity contribution < 1.29 is 0 Å². The van der Waals surface area contributed by atoms with E-state index < -0.39 is 0 Å². The van der Waals surface area contributed by atoms with E-state index in [1.54, 1.807) is 6.20 Å². The van der Waals surface area contributed by atoms with Gasteiger partial charge in [0, 0.05) is 17.8 Å². The number of fused-ring (bicyclic) bond motifs is 1. The molecule has 0 saturated heterocycles. The van der Waals surface area contributed by atoms with Crippen molar-refractivity contribution in [1.82, 2.24) is 15.0 Å². The van der Waals surface area contributed by atoms with Crippen LogP contribution in [0.3, 0.4) is 0 Å². The van der Waals surface area contributed by atoms with Gasteiger partial charge in [-0.25, -0.2) is 9.97 Å². The van der Waals surface area contributed by atoms with E-state index in [-0.39, 0.29) is 0 Å². The third-order valence-corrected chi connectivity index (χ3v) is 2.94. The second-order valence-corrected chi connectivity index (χ2v) is 4.42. The topological polar surface area (TPSA) is 38.7 Å². The summed E-state index contributed by atoms with van der Waals surface area (Å²) in [6, 6.07) is 10.1. The summed E-state index contributed by atoms with van der Waals surface area (Å²) in [5.74, 6) is 0. The first-order valence-electron chi connectivity index (χ1n) is 5.89. The number of aryl methyl sites for hydroxylation is 2. The van der Waals surface area contributed by atoms with E-state index in [0.29, 0.717) is 0 Å². The minimum Gasteiger partial charge on any atom is -0.255 e. The third-order valence-electron chi connectivity index (χ3n) is 2.94. The van der Waals surface area contributed by atoms with Crippen LogP contribution < -0.4 is 0 Å². The van der Waals surface area contributed by atoms with Crippen LogP contribution in [-0.4, -0.2) is 15.0 Å². The maximum absolute atomic E-state index is 4.61. The molecule has 3 aromatic rings. The molecule has 0 bridgehead atoms. The molecular weight excluding hydrogens is 222 g/mol. The SMILES string of the molecule is Cc1ccnc(-c2nc3ncccc3cc2C)c1. The van der Waals surface area contributed by atoms with Gasteiger partial charge in [-0.2, -0.15) is 0 Å². The normalized spacial score (nSPS) is 10.8. The molecule has 0 unspecified atom stereocenters. The van der Waals surface area contributed by atoms with Crippen LogP contribution in [0.25, 0.3) is 22.4 Å². The zero-order chi connectivity index (χ0) is 12.5. The Balaban J connectivity index is 2.26. The Morgan fingerprint density at radius 3 is 2.67 bits per heavy atom. The Labute approximate surface area is 106 Å². The van der Waals surface area contributed by atoms with Crippen LogP contribution in [0.1, 0.15) is 11.1 Å². The van der Waals surface area contributed by atoms with Gasteiger partial charge in [-0.15, -0.1) is 0 Å². The first-order valence-corrected chi connectivity index (χ1v) is 5.89. The van der Waals surface area contributed by atoms with Crippen LogP contribution in [0.5, 0.6) is 0 Å². The highest BCUT2D eigenvalue weighted by Crippen LogP contribution is 2.23. The Morgan fingerprint density at radius 1 is 0.944 bits per heavy atom. The summed E-state index contributed by atoms with van der Waals surface area (Å²) in [6.45, 7) is 4.11. The second-order valence-electron chi connectivity index (χ2n) is 4.42. The van der Waals surface area contributed by atoms with Gasteiger partial charge in [0.1, 0.15) is 0 Å². The van der Waals surface area contributed by atoms with Crippen molar-refractivity contribution in [3.63, 3.8) is 0 Å². The van der Waals surface area contributed by atoms with E-state index in [9.17, 15) is 0 Å². The lowest BCUT2D eigenvalue weighted by Crippen LogP contribution is -1.94. The van der Waals surface area contributed by atoms with Crippen LogP contribution in [0.15, 0.2) is 42.7 Å². The van der Waals surface area contributed by atoms with Crippen molar-refractivity contribution in [1.29, 1.82) is 0 Å². The van der Waals surface area contributed by atoms with E-state index in [1.807, 2.05) is 30.5 Å². The largest absolute Gasteiger partial charge is 0.255 e. The molecule has 0 atom stereocenters. The van der Waals surface area contributed by atoms with E-state index >= 15 is 0 Å². The number of hydrogen-bond donors (Lipinski definition) is 0. The molecule has 0 saturated carbocycles. The molecule has 0 radical (unpaired) electrons. The highest BCUT2D eigenvalue weighted by atomic mass is 14.9. The van der Waals surface area contributed by atoms with Gasteiger partial charge in [0.15, 0.2) is 5.65 Å². The fraction of sp³-hybridized carbons (Fsp3) is 0.133. The molecule has 3 heterocycles. The Kier molecular flexibility index (Phi) is 2.52. The first-order chi connectivity index (χ1) is 8.74. The van der Waals surface area contributed by atoms with E-state index in [4.69, 9.17) is 0 Å². The van der Waals surface area contributed by atoms with Crippen LogP contribution in [0.2, 0.25) is 0 Å². The minimum atomic E-state index is 0.765. The molecule has 0 aliphatic heterocycles. The minimum absolute atomic E-state index is 0.765. The monoisotopic (exact) mass is 235 g/mol. The molecule has 0 spiro atoms. The second kappa shape index (κ2) is 4.18. The summed E-state index contributed by atoms with van der Waals surface area (Å²) in [4.78, 5) is 13.3. The average molecular weight is 235 g/mol. The number of nitrogens with zero attached hydrogens (tertiary/aromatic N) is 3. The van der Waals surface area contributed by atoms with Crippen LogP contribution in [0.4, 0.5) is 0 Å². The zero-order valence-electron chi connectivity index (χ0n) is 10.4. The number of hydrogen-bond acceptors (Lipinski definition) is 3. The maximum atomic E-state index is 4.61. The quantitative estimate of drug-likeness (QED) is 0.649. The fourth-order valence-corrected chi connectivity index (χ4v) is 2.04. The summed E-state index contributed by atoms with van der Waals surface area (Å²) < 4.78 is 0. The van der Waals surface area contributed by atoms with Gasteiger partial charge in [-0.3, -0.25) is 4.98 Å². The molecular formula is C15H13N3. The molecule has 3 heteroatoms. The molecule has 0 fully saturated rings. The van der Waals surface area contributed by atoms with Crippen molar-refractivity contribution in [3.8, 4) is 11.4 Å². The summed E-state index contributed by atoms with van der Waals surface area (Å²) in [6.07, 6.45) is 3.58. The maximum Gasteiger partial charge on any atom is 0.159 e. The molecule has 3 nitrogen and oxygen atoms in total. The molecule has 3 aromatic heterocycles. The van der Waals surface area contributed by atoms with Gasteiger partial charge < -0.3 is 0 Å². The standard InChI is InChI=1S/C15H13N3/c1-10-5-7-16-13(8-10)14-11(2)9-12-4-3-6-17-15(12)18-14/h3-9H,1-2H3. The van der Waals surface area contributed by atoms with Crippen molar-refractivity contribution in [2.24, 2.45) is 0 Å². The smallest absolute Gasteiger partial charge is 0.159 e. The van der Waals surface area contributed by atoms with E-state index in [1.165, 1.54) is 5.56 Å². The molecule has 18 heavy (non-hydrogen) atoms. The predicted molar refractivity (Wildman–Crippen MR) is 72.2 cm³/mol. The molecule has 3 rings (SSSR count). The van der Waals surface area contributed by atoms with Gasteiger partial charge in [-0.05, 0) is 55.3 Å². The van der Waals surface area contributed by atoms with Gasteiger partial charge >= 0.3 is 0 Å². The van der Waals surface area contributed by atoms with E-state index in [2.05, 4.69) is 34.9 Å². The molecule has 0 aromatic carbocycles. The highest BCUT2D eigenvalue weighted by molar-refractivity contribution is 5.79. The van der Waals surface area contributed by atoms with Crippen molar-refractivity contribution in [2.45, 2.75) is 13.8 Å². The third kappa shape index (κ3) is 1.84. The lowest BCUT2D eigenvalue weighted by atomic mass is 10.1. The van der Waals surface area contributed by atoms with Crippen molar-refractivity contribution >= 4 is 11.0 Å². The molecule has 88 valence electrons. The van der Waals surface area contributed by atoms with Gasteiger partial charge in [0.2, 0.25) is 0 Å². The fourth-order valence-electron chi connectivity index (χ4n) is 2.04. The lowest BCUT2D eigenvalue weighted by molar-refractivity contribution is 1.20. The first kappa shape index (κ1) is 10.8. The predicted octanol–water partition coefficient (Wildman–Crippen LogP) is 3.31. The Bertz CT molecular complexity index is 720. The van der Waals surface area contributed by atoms with Crippen LogP contribution in [0, 0.1) is 13.8 Å². The van der Waals surface area contributed by atoms with Gasteiger partial charge in [-0.1, -0.05) is 0 Å². The molecule has 0 aliphatic rings. The van der Waals surface area contributed by atoms with Crippen LogP contribution >= 0.6 is 0 Å².